The molecule has 0 saturated carbocycles. The van der Waals surface area contributed by atoms with E-state index in [-0.39, 0.29) is 0 Å². The molecular formula is C18H18N2. The molecule has 0 atom stereocenters. The SMILES string of the molecule is Cc1ccc2[nH]ccc2c1.Cc1cccc2[nH]ccc12. The molecule has 2 aromatic heterocycles. The maximum Gasteiger partial charge on any atom is 0.0456 e. The Bertz CT molecular complexity index is 836. The second-order valence-corrected chi connectivity index (χ2v) is 5.08. The van der Waals surface area contributed by atoms with Gasteiger partial charge in [-0.1, -0.05) is 23.8 Å². The smallest absolute Gasteiger partial charge is 0.0456 e. The number of aromatic amines is 2. The summed E-state index contributed by atoms with van der Waals surface area (Å²) in [5.41, 5.74) is 5.08. The normalized spacial score (nSPS) is 10.5. The predicted octanol–water partition coefficient (Wildman–Crippen LogP) is 4.95. The summed E-state index contributed by atoms with van der Waals surface area (Å²) in [5.74, 6) is 0. The monoisotopic (exact) mass is 262 g/mol. The molecule has 0 spiro atoms. The molecule has 0 aliphatic heterocycles. The minimum absolute atomic E-state index is 1.21. The largest absolute Gasteiger partial charge is 0.361 e. The fourth-order valence-electron chi connectivity index (χ4n) is 2.42. The van der Waals surface area contributed by atoms with Crippen molar-refractivity contribution in [3.8, 4) is 0 Å². The van der Waals surface area contributed by atoms with Crippen LogP contribution in [0.4, 0.5) is 0 Å². The molecule has 0 amide bonds. The fraction of sp³-hybridized carbons (Fsp3) is 0.111. The first-order valence-corrected chi connectivity index (χ1v) is 6.80. The Labute approximate surface area is 118 Å². The molecule has 0 aliphatic rings. The van der Waals surface area contributed by atoms with E-state index >= 15 is 0 Å². The van der Waals surface area contributed by atoms with Crippen LogP contribution >= 0.6 is 0 Å². The number of hydrogen-bond donors (Lipinski definition) is 2. The van der Waals surface area contributed by atoms with Crippen LogP contribution in [0.3, 0.4) is 0 Å². The number of rotatable bonds is 0. The summed E-state index contributed by atoms with van der Waals surface area (Å²) in [6.07, 6.45) is 3.93. The summed E-state index contributed by atoms with van der Waals surface area (Å²) in [6, 6.07) is 16.8. The lowest BCUT2D eigenvalue weighted by molar-refractivity contribution is 1.46. The zero-order valence-electron chi connectivity index (χ0n) is 11.8. The molecule has 0 bridgehead atoms. The molecular weight excluding hydrogens is 244 g/mol. The van der Waals surface area contributed by atoms with E-state index in [0.717, 1.165) is 0 Å². The van der Waals surface area contributed by atoms with Crippen LogP contribution in [-0.2, 0) is 0 Å². The zero-order valence-corrected chi connectivity index (χ0v) is 11.8. The summed E-state index contributed by atoms with van der Waals surface area (Å²) in [6.45, 7) is 4.22. The first-order chi connectivity index (χ1) is 9.74. The topological polar surface area (TPSA) is 31.6 Å². The summed E-state index contributed by atoms with van der Waals surface area (Å²) < 4.78 is 0. The number of aromatic nitrogens is 2. The molecule has 2 aromatic carbocycles. The molecule has 4 rings (SSSR count). The van der Waals surface area contributed by atoms with Gasteiger partial charge in [0.2, 0.25) is 0 Å². The van der Waals surface area contributed by atoms with E-state index in [4.69, 9.17) is 0 Å². The Morgan fingerprint density at radius 2 is 1.55 bits per heavy atom. The number of benzene rings is 2. The highest BCUT2D eigenvalue weighted by molar-refractivity contribution is 5.82. The van der Waals surface area contributed by atoms with Gasteiger partial charge in [-0.2, -0.15) is 0 Å². The van der Waals surface area contributed by atoms with Crippen LogP contribution in [0.1, 0.15) is 11.1 Å². The molecule has 20 heavy (non-hydrogen) atoms. The van der Waals surface area contributed by atoms with Gasteiger partial charge < -0.3 is 9.97 Å². The number of H-pyrrole nitrogens is 2. The highest BCUT2D eigenvalue weighted by atomic mass is 14.7. The first-order valence-electron chi connectivity index (χ1n) is 6.80. The predicted molar refractivity (Wildman–Crippen MR) is 86.1 cm³/mol. The number of fused-ring (bicyclic) bond motifs is 2. The van der Waals surface area contributed by atoms with E-state index in [1.807, 2.05) is 12.4 Å². The standard InChI is InChI=1S/2C9H9N/c1-7-2-3-9-8(6-7)4-5-10-9;1-7-3-2-4-9-8(7)5-6-10-9/h2*2-6,10H,1H3. The Balaban J connectivity index is 0.000000121. The van der Waals surface area contributed by atoms with Gasteiger partial charge in [-0.15, -0.1) is 0 Å². The zero-order chi connectivity index (χ0) is 13.9. The fourth-order valence-corrected chi connectivity index (χ4v) is 2.42. The molecule has 2 heteroatoms. The quantitative estimate of drug-likeness (QED) is 0.449. The van der Waals surface area contributed by atoms with Crippen molar-refractivity contribution < 1.29 is 0 Å². The second kappa shape index (κ2) is 5.25. The van der Waals surface area contributed by atoms with E-state index in [1.165, 1.54) is 32.9 Å². The van der Waals surface area contributed by atoms with Gasteiger partial charge in [-0.05, 0) is 55.1 Å². The Hall–Kier alpha value is -2.48. The molecule has 0 saturated heterocycles. The first kappa shape index (κ1) is 12.5. The van der Waals surface area contributed by atoms with E-state index in [9.17, 15) is 0 Å². The van der Waals surface area contributed by atoms with E-state index in [1.54, 1.807) is 0 Å². The molecule has 4 aromatic rings. The van der Waals surface area contributed by atoms with Gasteiger partial charge in [0.05, 0.1) is 0 Å². The summed E-state index contributed by atoms with van der Waals surface area (Å²) in [4.78, 5) is 6.31. The Morgan fingerprint density at radius 1 is 0.750 bits per heavy atom. The third-order valence-corrected chi connectivity index (χ3v) is 3.52. The number of nitrogens with one attached hydrogen (secondary N) is 2. The second-order valence-electron chi connectivity index (χ2n) is 5.08. The van der Waals surface area contributed by atoms with Gasteiger partial charge >= 0.3 is 0 Å². The molecule has 2 N–H and O–H groups in total. The van der Waals surface area contributed by atoms with Gasteiger partial charge in [-0.3, -0.25) is 0 Å². The minimum atomic E-state index is 1.21. The third-order valence-electron chi connectivity index (χ3n) is 3.52. The molecule has 2 nitrogen and oxygen atoms in total. The van der Waals surface area contributed by atoms with E-state index in [2.05, 4.69) is 72.3 Å². The van der Waals surface area contributed by atoms with Crippen LogP contribution < -0.4 is 0 Å². The van der Waals surface area contributed by atoms with Crippen molar-refractivity contribution in [3.05, 3.63) is 72.1 Å². The highest BCUT2D eigenvalue weighted by Gasteiger charge is 1.93. The lowest BCUT2D eigenvalue weighted by Gasteiger charge is -1.92. The van der Waals surface area contributed by atoms with Gasteiger partial charge in [-0.25, -0.2) is 0 Å². The van der Waals surface area contributed by atoms with Crippen molar-refractivity contribution in [1.29, 1.82) is 0 Å². The molecule has 2 heterocycles. The van der Waals surface area contributed by atoms with Crippen molar-refractivity contribution >= 4 is 21.8 Å². The van der Waals surface area contributed by atoms with Crippen LogP contribution in [0, 0.1) is 13.8 Å². The minimum Gasteiger partial charge on any atom is -0.361 e. The maximum atomic E-state index is 3.16. The molecule has 0 fully saturated rings. The maximum absolute atomic E-state index is 3.16. The Morgan fingerprint density at radius 3 is 2.40 bits per heavy atom. The van der Waals surface area contributed by atoms with E-state index in [0.29, 0.717) is 0 Å². The lowest BCUT2D eigenvalue weighted by Crippen LogP contribution is -1.71. The highest BCUT2D eigenvalue weighted by Crippen LogP contribution is 2.15. The average Bonchev–Trinajstić information content (AvgIpc) is 3.07. The van der Waals surface area contributed by atoms with Crippen molar-refractivity contribution in [2.75, 3.05) is 0 Å². The van der Waals surface area contributed by atoms with Gasteiger partial charge in [0.25, 0.3) is 0 Å². The van der Waals surface area contributed by atoms with Gasteiger partial charge in [0.15, 0.2) is 0 Å². The van der Waals surface area contributed by atoms with Crippen molar-refractivity contribution in [2.45, 2.75) is 13.8 Å². The van der Waals surface area contributed by atoms with Crippen molar-refractivity contribution in [3.63, 3.8) is 0 Å². The van der Waals surface area contributed by atoms with Crippen LogP contribution in [0.15, 0.2) is 60.9 Å². The van der Waals surface area contributed by atoms with Crippen molar-refractivity contribution in [2.24, 2.45) is 0 Å². The third kappa shape index (κ3) is 2.45. The van der Waals surface area contributed by atoms with Crippen LogP contribution in [0.5, 0.6) is 0 Å². The lowest BCUT2D eigenvalue weighted by atomic mass is 10.1. The van der Waals surface area contributed by atoms with Crippen molar-refractivity contribution in [1.82, 2.24) is 9.97 Å². The summed E-state index contributed by atoms with van der Waals surface area (Å²) >= 11 is 0. The average molecular weight is 262 g/mol. The molecule has 0 unspecified atom stereocenters. The number of hydrogen-bond acceptors (Lipinski definition) is 0. The molecule has 0 radical (unpaired) electrons. The summed E-state index contributed by atoms with van der Waals surface area (Å²) in [5, 5.41) is 2.61. The molecule has 0 aliphatic carbocycles. The van der Waals surface area contributed by atoms with Gasteiger partial charge in [0, 0.05) is 28.8 Å². The Kier molecular flexibility index (Phi) is 3.30. The van der Waals surface area contributed by atoms with E-state index < -0.39 is 0 Å². The van der Waals surface area contributed by atoms with Crippen LogP contribution in [0.25, 0.3) is 21.8 Å². The number of aryl methyl sites for hydroxylation is 2. The van der Waals surface area contributed by atoms with Crippen LogP contribution in [0.2, 0.25) is 0 Å². The summed E-state index contributed by atoms with van der Waals surface area (Å²) in [7, 11) is 0. The molecule has 100 valence electrons. The van der Waals surface area contributed by atoms with Crippen LogP contribution in [-0.4, -0.2) is 9.97 Å². The van der Waals surface area contributed by atoms with Gasteiger partial charge in [0.1, 0.15) is 0 Å².